The summed E-state index contributed by atoms with van der Waals surface area (Å²) in [7, 11) is 0. The Hall–Kier alpha value is -0.610. The van der Waals surface area contributed by atoms with E-state index in [0.29, 0.717) is 13.2 Å². The van der Waals surface area contributed by atoms with E-state index in [4.69, 9.17) is 15.2 Å². The highest BCUT2D eigenvalue weighted by atomic mass is 16.6. The van der Waals surface area contributed by atoms with Gasteiger partial charge in [-0.3, -0.25) is 4.79 Å². The maximum Gasteiger partial charge on any atom is 0.310 e. The lowest BCUT2D eigenvalue weighted by molar-refractivity contribution is -0.152. The third-order valence-corrected chi connectivity index (χ3v) is 3.23. The summed E-state index contributed by atoms with van der Waals surface area (Å²) in [6.45, 7) is 6.71. The summed E-state index contributed by atoms with van der Waals surface area (Å²) < 4.78 is 10.8. The van der Waals surface area contributed by atoms with E-state index < -0.39 is 0 Å². The van der Waals surface area contributed by atoms with Gasteiger partial charge in [-0.1, -0.05) is 19.3 Å². The fraction of sp³-hybridized carbons (Fsp3) is 0.929. The standard InChI is InChI=1S/C14H27NO3/c1-14(2,3)18-10-9-17-13(16)11-7-5-4-6-8-12(11)15/h11-12H,4-10,15H2,1-3H3. The molecule has 0 heterocycles. The Bertz CT molecular complexity index is 260. The van der Waals surface area contributed by atoms with Gasteiger partial charge in [0.25, 0.3) is 0 Å². The Kier molecular flexibility index (Phi) is 6.09. The molecule has 4 nitrogen and oxygen atoms in total. The van der Waals surface area contributed by atoms with Crippen LogP contribution in [0.3, 0.4) is 0 Å². The van der Waals surface area contributed by atoms with Crippen LogP contribution in [0.2, 0.25) is 0 Å². The molecular weight excluding hydrogens is 230 g/mol. The van der Waals surface area contributed by atoms with Crippen LogP contribution < -0.4 is 5.73 Å². The minimum absolute atomic E-state index is 0.0384. The van der Waals surface area contributed by atoms with Gasteiger partial charge >= 0.3 is 5.97 Å². The molecule has 0 spiro atoms. The molecule has 0 aromatic carbocycles. The smallest absolute Gasteiger partial charge is 0.310 e. The van der Waals surface area contributed by atoms with E-state index >= 15 is 0 Å². The SMILES string of the molecule is CC(C)(C)OCCOC(=O)C1CCCCCC1N. The van der Waals surface area contributed by atoms with E-state index in [2.05, 4.69) is 0 Å². The second-order valence-electron chi connectivity index (χ2n) is 6.04. The highest BCUT2D eigenvalue weighted by Gasteiger charge is 2.28. The number of esters is 1. The van der Waals surface area contributed by atoms with Crippen LogP contribution in [0.5, 0.6) is 0 Å². The number of hydrogen-bond acceptors (Lipinski definition) is 4. The first-order valence-corrected chi connectivity index (χ1v) is 6.96. The van der Waals surface area contributed by atoms with Crippen molar-refractivity contribution in [3.8, 4) is 0 Å². The Balaban J connectivity index is 2.26. The summed E-state index contributed by atoms with van der Waals surface area (Å²) in [6, 6.07) is -0.0384. The normalized spacial score (nSPS) is 25.6. The third kappa shape index (κ3) is 5.83. The van der Waals surface area contributed by atoms with Gasteiger partial charge in [0.05, 0.1) is 18.1 Å². The van der Waals surface area contributed by atoms with E-state index in [1.807, 2.05) is 20.8 Å². The molecule has 0 saturated heterocycles. The second-order valence-corrected chi connectivity index (χ2v) is 6.04. The predicted molar refractivity (Wildman–Crippen MR) is 71.2 cm³/mol. The van der Waals surface area contributed by atoms with Gasteiger partial charge in [-0.2, -0.15) is 0 Å². The second kappa shape index (κ2) is 7.10. The summed E-state index contributed by atoms with van der Waals surface area (Å²) in [5.74, 6) is -0.274. The topological polar surface area (TPSA) is 61.5 Å². The van der Waals surface area contributed by atoms with Gasteiger partial charge in [0, 0.05) is 6.04 Å². The van der Waals surface area contributed by atoms with Crippen molar-refractivity contribution in [3.63, 3.8) is 0 Å². The first-order chi connectivity index (χ1) is 8.40. The number of rotatable bonds is 4. The summed E-state index contributed by atoms with van der Waals surface area (Å²) in [6.07, 6.45) is 5.16. The highest BCUT2D eigenvalue weighted by molar-refractivity contribution is 5.73. The molecule has 106 valence electrons. The number of carbonyl (C=O) groups is 1. The number of carbonyl (C=O) groups excluding carboxylic acids is 1. The van der Waals surface area contributed by atoms with Crippen molar-refractivity contribution in [2.45, 2.75) is 64.5 Å². The number of ether oxygens (including phenoxy) is 2. The van der Waals surface area contributed by atoms with Crippen molar-refractivity contribution in [1.82, 2.24) is 0 Å². The van der Waals surface area contributed by atoms with Crippen molar-refractivity contribution in [1.29, 1.82) is 0 Å². The number of nitrogens with two attached hydrogens (primary N) is 1. The van der Waals surface area contributed by atoms with Gasteiger partial charge < -0.3 is 15.2 Å². The van der Waals surface area contributed by atoms with E-state index in [9.17, 15) is 4.79 Å². The monoisotopic (exact) mass is 257 g/mol. The van der Waals surface area contributed by atoms with Crippen LogP contribution in [0, 0.1) is 5.92 Å². The van der Waals surface area contributed by atoms with Crippen molar-refractivity contribution >= 4 is 5.97 Å². The average molecular weight is 257 g/mol. The van der Waals surface area contributed by atoms with Crippen molar-refractivity contribution in [3.05, 3.63) is 0 Å². The molecule has 0 aromatic rings. The maximum atomic E-state index is 11.9. The molecule has 2 atom stereocenters. The lowest BCUT2D eigenvalue weighted by atomic mass is 9.96. The Morgan fingerprint density at radius 3 is 2.50 bits per heavy atom. The molecule has 0 aromatic heterocycles. The van der Waals surface area contributed by atoms with E-state index in [1.165, 1.54) is 6.42 Å². The first-order valence-electron chi connectivity index (χ1n) is 6.96. The van der Waals surface area contributed by atoms with Gasteiger partial charge in [-0.15, -0.1) is 0 Å². The zero-order chi connectivity index (χ0) is 13.6. The molecule has 1 rings (SSSR count). The summed E-state index contributed by atoms with van der Waals surface area (Å²) in [5, 5.41) is 0. The van der Waals surface area contributed by atoms with Gasteiger partial charge in [-0.25, -0.2) is 0 Å². The highest BCUT2D eigenvalue weighted by Crippen LogP contribution is 2.23. The molecule has 2 unspecified atom stereocenters. The minimum Gasteiger partial charge on any atom is -0.463 e. The van der Waals surface area contributed by atoms with Crippen LogP contribution in [0.4, 0.5) is 0 Å². The summed E-state index contributed by atoms with van der Waals surface area (Å²) >= 11 is 0. The third-order valence-electron chi connectivity index (χ3n) is 3.23. The fourth-order valence-electron chi connectivity index (χ4n) is 2.23. The Labute approximate surface area is 110 Å². The van der Waals surface area contributed by atoms with E-state index in [-0.39, 0.29) is 23.5 Å². The lowest BCUT2D eigenvalue weighted by Crippen LogP contribution is -2.36. The Morgan fingerprint density at radius 1 is 1.17 bits per heavy atom. The quantitative estimate of drug-likeness (QED) is 0.477. The largest absolute Gasteiger partial charge is 0.463 e. The Morgan fingerprint density at radius 2 is 1.83 bits per heavy atom. The van der Waals surface area contributed by atoms with Crippen LogP contribution in [-0.4, -0.2) is 30.8 Å². The molecule has 0 radical (unpaired) electrons. The maximum absolute atomic E-state index is 11.9. The molecule has 1 aliphatic carbocycles. The lowest BCUT2D eigenvalue weighted by Gasteiger charge is -2.22. The molecule has 2 N–H and O–H groups in total. The van der Waals surface area contributed by atoms with Gasteiger partial charge in [-0.05, 0) is 33.6 Å². The molecule has 0 amide bonds. The van der Waals surface area contributed by atoms with Gasteiger partial charge in [0.15, 0.2) is 0 Å². The summed E-state index contributed by atoms with van der Waals surface area (Å²) in [4.78, 5) is 11.9. The fourth-order valence-corrected chi connectivity index (χ4v) is 2.23. The van der Waals surface area contributed by atoms with E-state index in [0.717, 1.165) is 25.7 Å². The molecule has 0 aliphatic heterocycles. The molecule has 1 aliphatic rings. The molecule has 18 heavy (non-hydrogen) atoms. The molecule has 1 fully saturated rings. The predicted octanol–water partition coefficient (Wildman–Crippen LogP) is 2.25. The zero-order valence-corrected chi connectivity index (χ0v) is 11.9. The summed E-state index contributed by atoms with van der Waals surface area (Å²) in [5.41, 5.74) is 5.83. The van der Waals surface area contributed by atoms with Crippen LogP contribution >= 0.6 is 0 Å². The molecule has 0 bridgehead atoms. The van der Waals surface area contributed by atoms with Crippen LogP contribution in [-0.2, 0) is 14.3 Å². The van der Waals surface area contributed by atoms with Crippen molar-refractivity contribution in [2.75, 3.05) is 13.2 Å². The number of hydrogen-bond donors (Lipinski definition) is 1. The van der Waals surface area contributed by atoms with E-state index in [1.54, 1.807) is 0 Å². The molecule has 4 heteroatoms. The minimum atomic E-state index is -0.189. The zero-order valence-electron chi connectivity index (χ0n) is 11.9. The molecular formula is C14H27NO3. The van der Waals surface area contributed by atoms with Gasteiger partial charge in [0.1, 0.15) is 6.61 Å². The first kappa shape index (κ1) is 15.4. The average Bonchev–Trinajstić information content (AvgIpc) is 2.48. The van der Waals surface area contributed by atoms with Gasteiger partial charge in [0.2, 0.25) is 0 Å². The van der Waals surface area contributed by atoms with Crippen molar-refractivity contribution in [2.24, 2.45) is 11.7 Å². The van der Waals surface area contributed by atoms with Crippen LogP contribution in [0.1, 0.15) is 52.9 Å². The van der Waals surface area contributed by atoms with Crippen LogP contribution in [0.25, 0.3) is 0 Å². The van der Waals surface area contributed by atoms with Crippen molar-refractivity contribution < 1.29 is 14.3 Å². The molecule has 1 saturated carbocycles. The van der Waals surface area contributed by atoms with Crippen LogP contribution in [0.15, 0.2) is 0 Å².